The van der Waals surface area contributed by atoms with E-state index in [0.717, 1.165) is 0 Å². The van der Waals surface area contributed by atoms with Crippen LogP contribution in [0.25, 0.3) is 0 Å². The molecular weight excluding hydrogens is 268 g/mol. The van der Waals surface area contributed by atoms with E-state index in [1.807, 2.05) is 6.92 Å². The molecule has 7 heteroatoms. The van der Waals surface area contributed by atoms with Gasteiger partial charge < -0.3 is 15.4 Å². The van der Waals surface area contributed by atoms with E-state index >= 15 is 0 Å². The Morgan fingerprint density at radius 1 is 1.47 bits per heavy atom. The van der Waals surface area contributed by atoms with E-state index in [1.165, 1.54) is 6.20 Å². The number of hydrogen-bond donors (Lipinski definition) is 3. The molecule has 1 aromatic heterocycles. The third-order valence-electron chi connectivity index (χ3n) is 2.25. The Morgan fingerprint density at radius 2 is 2.32 bits per heavy atom. The molecule has 100 valence electrons. The van der Waals surface area contributed by atoms with Crippen molar-refractivity contribution in [2.24, 2.45) is 0 Å². The molecule has 1 heterocycles. The molecule has 2 aromatic rings. The Kier molecular flexibility index (Phi) is 4.25. The van der Waals surface area contributed by atoms with Gasteiger partial charge in [-0.15, -0.1) is 0 Å². The molecule has 0 unspecified atom stereocenters. The number of carbonyl (C=O) groups excluding carboxylic acids is 1. The van der Waals surface area contributed by atoms with Crippen LogP contribution in [0.15, 0.2) is 30.6 Å². The van der Waals surface area contributed by atoms with Crippen LogP contribution in [0.4, 0.5) is 16.2 Å². The fraction of sp³-hybridized carbons (Fsp3) is 0.167. The molecule has 3 N–H and O–H groups in total. The van der Waals surface area contributed by atoms with Crippen LogP contribution in [0, 0.1) is 0 Å². The third-order valence-corrected chi connectivity index (χ3v) is 2.48. The summed E-state index contributed by atoms with van der Waals surface area (Å²) in [5.41, 5.74) is 1.12. The second-order valence-corrected chi connectivity index (χ2v) is 4.08. The van der Waals surface area contributed by atoms with Gasteiger partial charge in [-0.1, -0.05) is 11.6 Å². The highest BCUT2D eigenvalue weighted by atomic mass is 35.5. The lowest BCUT2D eigenvalue weighted by Gasteiger charge is -2.12. The van der Waals surface area contributed by atoms with Crippen molar-refractivity contribution < 1.29 is 9.53 Å². The number of carbonyl (C=O) groups is 1. The van der Waals surface area contributed by atoms with Gasteiger partial charge in [0.05, 0.1) is 24.2 Å². The number of H-pyrrole nitrogens is 1. The van der Waals surface area contributed by atoms with Gasteiger partial charge in [0, 0.05) is 17.3 Å². The van der Waals surface area contributed by atoms with Gasteiger partial charge >= 0.3 is 6.03 Å². The lowest BCUT2D eigenvalue weighted by Crippen LogP contribution is -2.19. The molecule has 0 aliphatic carbocycles. The number of anilines is 2. The Hall–Kier alpha value is -2.21. The van der Waals surface area contributed by atoms with Gasteiger partial charge in [0.25, 0.3) is 0 Å². The van der Waals surface area contributed by atoms with Crippen molar-refractivity contribution in [1.82, 2.24) is 10.2 Å². The molecule has 0 radical (unpaired) electrons. The van der Waals surface area contributed by atoms with Gasteiger partial charge in [0.1, 0.15) is 5.75 Å². The van der Waals surface area contributed by atoms with E-state index in [0.29, 0.717) is 28.8 Å². The van der Waals surface area contributed by atoms with Crippen LogP contribution in [0.5, 0.6) is 5.75 Å². The summed E-state index contributed by atoms with van der Waals surface area (Å²) in [7, 11) is 0. The molecule has 6 nitrogen and oxygen atoms in total. The number of amides is 2. The van der Waals surface area contributed by atoms with E-state index in [2.05, 4.69) is 20.8 Å². The summed E-state index contributed by atoms with van der Waals surface area (Å²) in [6, 6.07) is 4.63. The Bertz CT molecular complexity index is 557. The van der Waals surface area contributed by atoms with Gasteiger partial charge in [-0.25, -0.2) is 4.79 Å². The summed E-state index contributed by atoms with van der Waals surface area (Å²) in [6.07, 6.45) is 3.08. The summed E-state index contributed by atoms with van der Waals surface area (Å²) < 4.78 is 5.41. The zero-order valence-electron chi connectivity index (χ0n) is 10.2. The predicted molar refractivity (Wildman–Crippen MR) is 73.9 cm³/mol. The predicted octanol–water partition coefficient (Wildman–Crippen LogP) is 3.11. The standard InChI is InChI=1S/C12H13ClN4O2/c1-2-19-11-5-8(13)3-4-10(11)17-12(18)16-9-6-14-15-7-9/h3-7H,2H2,1H3,(H,14,15)(H2,16,17,18). The molecule has 1 aromatic carbocycles. The van der Waals surface area contributed by atoms with Crippen LogP contribution >= 0.6 is 11.6 Å². The largest absolute Gasteiger partial charge is 0.492 e. The fourth-order valence-electron chi connectivity index (χ4n) is 1.48. The van der Waals surface area contributed by atoms with Crippen molar-refractivity contribution in [3.8, 4) is 5.75 Å². The molecule has 19 heavy (non-hydrogen) atoms. The number of nitrogens with one attached hydrogen (secondary N) is 3. The molecular formula is C12H13ClN4O2. The van der Waals surface area contributed by atoms with Gasteiger partial charge in [-0.05, 0) is 19.1 Å². The number of rotatable bonds is 4. The minimum atomic E-state index is -0.385. The number of urea groups is 1. The Labute approximate surface area is 115 Å². The maximum Gasteiger partial charge on any atom is 0.323 e. The van der Waals surface area contributed by atoms with Crippen LogP contribution in [-0.4, -0.2) is 22.8 Å². The molecule has 0 saturated heterocycles. The summed E-state index contributed by atoms with van der Waals surface area (Å²) >= 11 is 5.88. The summed E-state index contributed by atoms with van der Waals surface area (Å²) in [6.45, 7) is 2.34. The highest BCUT2D eigenvalue weighted by molar-refractivity contribution is 6.30. The maximum absolute atomic E-state index is 11.8. The second kappa shape index (κ2) is 6.10. The number of nitrogens with zero attached hydrogens (tertiary/aromatic N) is 1. The Balaban J connectivity index is 2.07. The highest BCUT2D eigenvalue weighted by Gasteiger charge is 2.09. The Morgan fingerprint density at radius 3 is 3.00 bits per heavy atom. The van der Waals surface area contributed by atoms with E-state index in [9.17, 15) is 4.79 Å². The lowest BCUT2D eigenvalue weighted by atomic mass is 10.3. The van der Waals surface area contributed by atoms with Gasteiger partial charge in [-0.3, -0.25) is 5.10 Å². The highest BCUT2D eigenvalue weighted by Crippen LogP contribution is 2.28. The number of aromatic amines is 1. The first-order valence-electron chi connectivity index (χ1n) is 5.68. The first-order chi connectivity index (χ1) is 9.19. The normalized spacial score (nSPS) is 10.0. The van der Waals surface area contributed by atoms with Crippen molar-refractivity contribution in [1.29, 1.82) is 0 Å². The molecule has 0 bridgehead atoms. The minimum Gasteiger partial charge on any atom is -0.492 e. The SMILES string of the molecule is CCOc1cc(Cl)ccc1NC(=O)Nc1cn[nH]c1. The first-order valence-corrected chi connectivity index (χ1v) is 6.06. The van der Waals surface area contributed by atoms with Crippen LogP contribution in [-0.2, 0) is 0 Å². The van der Waals surface area contributed by atoms with Crippen LogP contribution in [0.2, 0.25) is 5.02 Å². The molecule has 2 amide bonds. The molecule has 2 rings (SSSR count). The zero-order valence-corrected chi connectivity index (χ0v) is 11.0. The van der Waals surface area contributed by atoms with Crippen LogP contribution in [0.1, 0.15) is 6.92 Å². The molecule has 0 aliphatic heterocycles. The molecule has 0 aliphatic rings. The smallest absolute Gasteiger partial charge is 0.323 e. The van der Waals surface area contributed by atoms with E-state index in [1.54, 1.807) is 24.4 Å². The number of halogens is 1. The molecule has 0 fully saturated rings. The van der Waals surface area contributed by atoms with E-state index in [-0.39, 0.29) is 6.03 Å². The lowest BCUT2D eigenvalue weighted by molar-refractivity contribution is 0.262. The fourth-order valence-corrected chi connectivity index (χ4v) is 1.64. The maximum atomic E-state index is 11.8. The quantitative estimate of drug-likeness (QED) is 0.805. The van der Waals surface area contributed by atoms with Crippen LogP contribution in [0.3, 0.4) is 0 Å². The van der Waals surface area contributed by atoms with Crippen molar-refractivity contribution >= 4 is 29.0 Å². The third kappa shape index (κ3) is 3.62. The number of ether oxygens (including phenoxy) is 1. The summed E-state index contributed by atoms with van der Waals surface area (Å²) in [5, 5.41) is 12.2. The van der Waals surface area contributed by atoms with E-state index in [4.69, 9.17) is 16.3 Å². The average molecular weight is 281 g/mol. The summed E-state index contributed by atoms with van der Waals surface area (Å²) in [4.78, 5) is 11.8. The topological polar surface area (TPSA) is 79.0 Å². The zero-order chi connectivity index (χ0) is 13.7. The molecule has 0 spiro atoms. The van der Waals surface area contributed by atoms with Crippen molar-refractivity contribution in [3.05, 3.63) is 35.6 Å². The average Bonchev–Trinajstić information content (AvgIpc) is 2.86. The monoisotopic (exact) mass is 280 g/mol. The molecule has 0 saturated carbocycles. The van der Waals surface area contributed by atoms with Gasteiger partial charge in [0.15, 0.2) is 0 Å². The minimum absolute atomic E-state index is 0.385. The summed E-state index contributed by atoms with van der Waals surface area (Å²) in [5.74, 6) is 0.525. The van der Waals surface area contributed by atoms with Crippen molar-refractivity contribution in [2.45, 2.75) is 6.92 Å². The van der Waals surface area contributed by atoms with Crippen molar-refractivity contribution in [2.75, 3.05) is 17.2 Å². The second-order valence-electron chi connectivity index (χ2n) is 3.64. The number of benzene rings is 1. The number of aromatic nitrogens is 2. The van der Waals surface area contributed by atoms with Gasteiger partial charge in [-0.2, -0.15) is 5.10 Å². The van der Waals surface area contributed by atoms with E-state index < -0.39 is 0 Å². The van der Waals surface area contributed by atoms with Crippen molar-refractivity contribution in [3.63, 3.8) is 0 Å². The molecule has 0 atom stereocenters. The van der Waals surface area contributed by atoms with Gasteiger partial charge in [0.2, 0.25) is 0 Å². The number of hydrogen-bond acceptors (Lipinski definition) is 3. The van der Waals surface area contributed by atoms with Crippen LogP contribution < -0.4 is 15.4 Å². The first kappa shape index (κ1) is 13.2.